The fourth-order valence-corrected chi connectivity index (χ4v) is 1.53. The number of nitro groups is 1. The van der Waals surface area contributed by atoms with Crippen molar-refractivity contribution >= 4 is 23.3 Å². The van der Waals surface area contributed by atoms with E-state index < -0.39 is 16.8 Å². The van der Waals surface area contributed by atoms with Gasteiger partial charge in [-0.1, -0.05) is 6.92 Å². The minimum Gasteiger partial charge on any atom is -0.465 e. The average Bonchev–Trinajstić information content (AvgIpc) is 2.46. The molecule has 1 amide bonds. The number of benzene rings is 1. The van der Waals surface area contributed by atoms with Crippen molar-refractivity contribution < 1.29 is 24.0 Å². The van der Waals surface area contributed by atoms with Crippen molar-refractivity contribution in [3.8, 4) is 0 Å². The summed E-state index contributed by atoms with van der Waals surface area (Å²) in [5.74, 6) is -1.20. The summed E-state index contributed by atoms with van der Waals surface area (Å²) in [5.41, 5.74) is -0.194. The molecule has 0 saturated carbocycles. The highest BCUT2D eigenvalue weighted by Crippen LogP contribution is 2.23. The van der Waals surface area contributed by atoms with E-state index in [2.05, 4.69) is 10.1 Å². The topological polar surface area (TPSA) is 108 Å². The molecule has 0 bridgehead atoms. The number of esters is 1. The van der Waals surface area contributed by atoms with Gasteiger partial charge in [-0.15, -0.1) is 0 Å². The molecule has 0 radical (unpaired) electrons. The Morgan fingerprint density at radius 3 is 2.67 bits per heavy atom. The van der Waals surface area contributed by atoms with E-state index in [1.807, 2.05) is 6.92 Å². The highest BCUT2D eigenvalue weighted by molar-refractivity contribution is 6.02. The summed E-state index contributed by atoms with van der Waals surface area (Å²) in [6.07, 6.45) is 0.761. The largest absolute Gasteiger partial charge is 0.465 e. The average molecular weight is 296 g/mol. The number of amides is 1. The van der Waals surface area contributed by atoms with Crippen LogP contribution in [0.25, 0.3) is 0 Å². The number of ether oxygens (including phenoxy) is 2. The van der Waals surface area contributed by atoms with Crippen molar-refractivity contribution in [3.63, 3.8) is 0 Å². The number of nitrogens with zero attached hydrogens (tertiary/aromatic N) is 1. The Kier molecular flexibility index (Phi) is 6.28. The quantitative estimate of drug-likeness (QED) is 0.355. The van der Waals surface area contributed by atoms with Gasteiger partial charge in [-0.25, -0.2) is 4.79 Å². The van der Waals surface area contributed by atoms with Crippen LogP contribution in [0.2, 0.25) is 0 Å². The monoisotopic (exact) mass is 296 g/mol. The van der Waals surface area contributed by atoms with Crippen molar-refractivity contribution in [2.75, 3.05) is 25.6 Å². The predicted molar refractivity (Wildman–Crippen MR) is 74.2 cm³/mol. The molecule has 0 aromatic heterocycles. The van der Waals surface area contributed by atoms with E-state index in [4.69, 9.17) is 4.74 Å². The summed E-state index contributed by atoms with van der Waals surface area (Å²) in [7, 11) is 1.18. The standard InChI is InChI=1S/C13H16N2O6/c1-3-6-21-8-12(16)14-11-7-9(15(18)19)4-5-10(11)13(17)20-2/h4-5,7H,3,6,8H2,1-2H3,(H,14,16). The van der Waals surface area contributed by atoms with Crippen LogP contribution in [-0.2, 0) is 14.3 Å². The molecule has 8 nitrogen and oxygen atoms in total. The molecule has 1 aromatic carbocycles. The van der Waals surface area contributed by atoms with Crippen molar-refractivity contribution in [2.24, 2.45) is 0 Å². The molecule has 1 rings (SSSR count). The van der Waals surface area contributed by atoms with Gasteiger partial charge in [0.25, 0.3) is 5.69 Å². The Labute approximate surface area is 121 Å². The van der Waals surface area contributed by atoms with Crippen LogP contribution in [0.5, 0.6) is 0 Å². The molecule has 1 N–H and O–H groups in total. The van der Waals surface area contributed by atoms with Crippen LogP contribution in [0.3, 0.4) is 0 Å². The van der Waals surface area contributed by atoms with Crippen molar-refractivity contribution in [1.29, 1.82) is 0 Å². The molecule has 0 heterocycles. The minimum atomic E-state index is -0.699. The van der Waals surface area contributed by atoms with Crippen LogP contribution in [0, 0.1) is 10.1 Å². The number of hydrogen-bond acceptors (Lipinski definition) is 6. The summed E-state index contributed by atoms with van der Waals surface area (Å²) in [6.45, 7) is 2.12. The molecule has 0 atom stereocenters. The lowest BCUT2D eigenvalue weighted by molar-refractivity contribution is -0.384. The van der Waals surface area contributed by atoms with Gasteiger partial charge in [-0.3, -0.25) is 14.9 Å². The fraction of sp³-hybridized carbons (Fsp3) is 0.385. The first-order chi connectivity index (χ1) is 9.99. The smallest absolute Gasteiger partial charge is 0.339 e. The van der Waals surface area contributed by atoms with Gasteiger partial charge >= 0.3 is 5.97 Å². The van der Waals surface area contributed by atoms with Crippen LogP contribution in [0.1, 0.15) is 23.7 Å². The van der Waals surface area contributed by atoms with E-state index in [1.54, 1.807) is 0 Å². The molecule has 1 aromatic rings. The van der Waals surface area contributed by atoms with Crippen LogP contribution in [0.15, 0.2) is 18.2 Å². The number of nitrogens with one attached hydrogen (secondary N) is 1. The summed E-state index contributed by atoms with van der Waals surface area (Å²) >= 11 is 0. The van der Waals surface area contributed by atoms with Gasteiger partial charge in [0.05, 0.1) is 23.3 Å². The molecule has 21 heavy (non-hydrogen) atoms. The molecule has 8 heteroatoms. The highest BCUT2D eigenvalue weighted by atomic mass is 16.6. The van der Waals surface area contributed by atoms with Crippen LogP contribution >= 0.6 is 0 Å². The second-order valence-electron chi connectivity index (χ2n) is 4.08. The van der Waals surface area contributed by atoms with Gasteiger partial charge < -0.3 is 14.8 Å². The molecule has 0 saturated heterocycles. The van der Waals surface area contributed by atoms with Gasteiger partial charge in [-0.05, 0) is 12.5 Å². The van der Waals surface area contributed by atoms with Crippen LogP contribution in [-0.4, -0.2) is 37.1 Å². The summed E-state index contributed by atoms with van der Waals surface area (Å²) in [4.78, 5) is 33.4. The molecule has 0 spiro atoms. The Morgan fingerprint density at radius 2 is 2.10 bits per heavy atom. The normalized spacial score (nSPS) is 10.0. The van der Waals surface area contributed by atoms with Crippen molar-refractivity contribution in [1.82, 2.24) is 0 Å². The van der Waals surface area contributed by atoms with E-state index in [0.29, 0.717) is 6.61 Å². The number of carbonyl (C=O) groups excluding carboxylic acids is 2. The van der Waals surface area contributed by atoms with Gasteiger partial charge in [0.1, 0.15) is 6.61 Å². The molecule has 0 aliphatic heterocycles. The first kappa shape index (κ1) is 16.6. The first-order valence-electron chi connectivity index (χ1n) is 6.24. The lowest BCUT2D eigenvalue weighted by Gasteiger charge is -2.09. The molecule has 0 fully saturated rings. The van der Waals surface area contributed by atoms with Gasteiger partial charge in [0.2, 0.25) is 5.91 Å². The maximum atomic E-state index is 11.7. The van der Waals surface area contributed by atoms with E-state index >= 15 is 0 Å². The Morgan fingerprint density at radius 1 is 1.38 bits per heavy atom. The van der Waals surface area contributed by atoms with Gasteiger partial charge in [0.15, 0.2) is 0 Å². The first-order valence-corrected chi connectivity index (χ1v) is 6.24. The number of anilines is 1. The Hall–Kier alpha value is -2.48. The number of carbonyl (C=O) groups is 2. The van der Waals surface area contributed by atoms with Crippen molar-refractivity contribution in [3.05, 3.63) is 33.9 Å². The third kappa shape index (κ3) is 4.84. The van der Waals surface area contributed by atoms with Crippen molar-refractivity contribution in [2.45, 2.75) is 13.3 Å². The Bertz CT molecular complexity index is 543. The summed E-state index contributed by atoms with van der Waals surface area (Å²) < 4.78 is 9.63. The van der Waals surface area contributed by atoms with Crippen LogP contribution in [0.4, 0.5) is 11.4 Å². The molecule has 0 aliphatic carbocycles. The van der Waals surface area contributed by atoms with E-state index in [0.717, 1.165) is 18.6 Å². The van der Waals surface area contributed by atoms with E-state index in [1.165, 1.54) is 13.2 Å². The third-order valence-electron chi connectivity index (χ3n) is 2.47. The molecule has 114 valence electrons. The minimum absolute atomic E-state index is 0.0150. The molecule has 0 unspecified atom stereocenters. The van der Waals surface area contributed by atoms with Gasteiger partial charge in [0, 0.05) is 18.7 Å². The fourth-order valence-electron chi connectivity index (χ4n) is 1.53. The highest BCUT2D eigenvalue weighted by Gasteiger charge is 2.18. The van der Waals surface area contributed by atoms with E-state index in [-0.39, 0.29) is 23.5 Å². The number of rotatable bonds is 7. The third-order valence-corrected chi connectivity index (χ3v) is 2.47. The second-order valence-corrected chi connectivity index (χ2v) is 4.08. The lowest BCUT2D eigenvalue weighted by atomic mass is 10.1. The molecular formula is C13H16N2O6. The second kappa shape index (κ2) is 7.95. The number of non-ortho nitro benzene ring substituents is 1. The predicted octanol–water partition coefficient (Wildman–Crippen LogP) is 1.75. The SMILES string of the molecule is CCCOCC(=O)Nc1cc([N+](=O)[O-])ccc1C(=O)OC. The summed E-state index contributed by atoms with van der Waals surface area (Å²) in [5, 5.41) is 13.2. The van der Waals surface area contributed by atoms with Crippen LogP contribution < -0.4 is 5.32 Å². The zero-order valence-electron chi connectivity index (χ0n) is 11.8. The summed E-state index contributed by atoms with van der Waals surface area (Å²) in [6, 6.07) is 3.49. The Balaban J connectivity index is 2.95. The maximum absolute atomic E-state index is 11.7. The molecular weight excluding hydrogens is 280 g/mol. The number of methoxy groups -OCH3 is 1. The maximum Gasteiger partial charge on any atom is 0.339 e. The van der Waals surface area contributed by atoms with E-state index in [9.17, 15) is 19.7 Å². The zero-order valence-corrected chi connectivity index (χ0v) is 11.8. The zero-order chi connectivity index (χ0) is 15.8. The van der Waals surface area contributed by atoms with Gasteiger partial charge in [-0.2, -0.15) is 0 Å². The lowest BCUT2D eigenvalue weighted by Crippen LogP contribution is -2.20. The number of nitro benzene ring substituents is 1. The molecule has 0 aliphatic rings. The number of hydrogen-bond donors (Lipinski definition) is 1.